The first-order valence-corrected chi connectivity index (χ1v) is 12.1. The maximum absolute atomic E-state index is 12.8. The van der Waals surface area contributed by atoms with E-state index in [1.54, 1.807) is 11.0 Å². The van der Waals surface area contributed by atoms with Crippen LogP contribution in [-0.4, -0.2) is 44.2 Å². The normalized spacial score (nSPS) is 17.7. The van der Waals surface area contributed by atoms with Crippen LogP contribution >= 0.6 is 0 Å². The van der Waals surface area contributed by atoms with Crippen molar-refractivity contribution in [1.82, 2.24) is 4.31 Å². The molecule has 2 fully saturated rings. The topological polar surface area (TPSA) is 86.8 Å². The van der Waals surface area contributed by atoms with E-state index in [1.165, 1.54) is 28.6 Å². The molecule has 0 radical (unpaired) electrons. The summed E-state index contributed by atoms with van der Waals surface area (Å²) in [6, 6.07) is 11.5. The molecule has 2 aliphatic rings. The molecule has 2 amide bonds. The highest BCUT2D eigenvalue weighted by molar-refractivity contribution is 7.89. The molecule has 31 heavy (non-hydrogen) atoms. The molecule has 7 nitrogen and oxygen atoms in total. The Hall–Kier alpha value is -2.71. The van der Waals surface area contributed by atoms with Crippen molar-refractivity contribution in [3.63, 3.8) is 0 Å². The maximum atomic E-state index is 12.8. The van der Waals surface area contributed by atoms with E-state index in [0.717, 1.165) is 36.9 Å². The number of hydrogen-bond donors (Lipinski definition) is 1. The lowest BCUT2D eigenvalue weighted by molar-refractivity contribution is -0.117. The third-order valence-corrected chi connectivity index (χ3v) is 7.81. The molecule has 8 heteroatoms. The fraction of sp³-hybridized carbons (Fsp3) is 0.391. The lowest BCUT2D eigenvalue weighted by Crippen LogP contribution is -2.35. The van der Waals surface area contributed by atoms with E-state index in [0.29, 0.717) is 37.3 Å². The van der Waals surface area contributed by atoms with E-state index in [9.17, 15) is 18.0 Å². The molecule has 2 aromatic carbocycles. The van der Waals surface area contributed by atoms with Crippen LogP contribution in [0, 0.1) is 6.92 Å². The number of aryl methyl sites for hydroxylation is 1. The van der Waals surface area contributed by atoms with Crippen LogP contribution in [0.5, 0.6) is 0 Å². The minimum atomic E-state index is -3.52. The summed E-state index contributed by atoms with van der Waals surface area (Å²) in [4.78, 5) is 26.8. The predicted molar refractivity (Wildman–Crippen MR) is 120 cm³/mol. The van der Waals surface area contributed by atoms with E-state index in [2.05, 4.69) is 5.32 Å². The second-order valence-corrected chi connectivity index (χ2v) is 10.0. The van der Waals surface area contributed by atoms with Crippen LogP contribution in [0.4, 0.5) is 11.4 Å². The molecule has 2 aliphatic heterocycles. The number of hydrogen-bond acceptors (Lipinski definition) is 4. The number of carbonyl (C=O) groups is 2. The average Bonchev–Trinajstić information content (AvgIpc) is 3.21. The van der Waals surface area contributed by atoms with Gasteiger partial charge in [-0.15, -0.1) is 0 Å². The summed E-state index contributed by atoms with van der Waals surface area (Å²) in [5.74, 6) is -0.235. The van der Waals surface area contributed by atoms with Gasteiger partial charge in [0, 0.05) is 43.0 Å². The van der Waals surface area contributed by atoms with Gasteiger partial charge in [-0.1, -0.05) is 12.5 Å². The molecule has 2 heterocycles. The van der Waals surface area contributed by atoms with Crippen LogP contribution in [0.1, 0.15) is 48.0 Å². The number of anilines is 2. The van der Waals surface area contributed by atoms with Crippen LogP contribution in [0.2, 0.25) is 0 Å². The van der Waals surface area contributed by atoms with Gasteiger partial charge in [0.2, 0.25) is 15.9 Å². The fourth-order valence-electron chi connectivity index (χ4n) is 4.12. The van der Waals surface area contributed by atoms with Crippen molar-refractivity contribution in [3.8, 4) is 0 Å². The maximum Gasteiger partial charge on any atom is 0.255 e. The summed E-state index contributed by atoms with van der Waals surface area (Å²) in [6.45, 7) is 3.71. The largest absolute Gasteiger partial charge is 0.322 e. The SMILES string of the molecule is Cc1ccc(NC(=O)c2ccc(S(=O)(=O)N3CCCCC3)cc2)cc1N1CCCC1=O. The number of benzene rings is 2. The summed E-state index contributed by atoms with van der Waals surface area (Å²) < 4.78 is 27.1. The highest BCUT2D eigenvalue weighted by atomic mass is 32.2. The Kier molecular flexibility index (Phi) is 6.11. The zero-order chi connectivity index (χ0) is 22.0. The molecule has 0 atom stereocenters. The molecule has 4 rings (SSSR count). The quantitative estimate of drug-likeness (QED) is 0.769. The van der Waals surface area contributed by atoms with Crippen molar-refractivity contribution in [2.24, 2.45) is 0 Å². The number of piperidine rings is 1. The Balaban J connectivity index is 1.48. The smallest absolute Gasteiger partial charge is 0.255 e. The second-order valence-electron chi connectivity index (χ2n) is 8.09. The van der Waals surface area contributed by atoms with Gasteiger partial charge in [0.05, 0.1) is 4.90 Å². The van der Waals surface area contributed by atoms with Gasteiger partial charge in [-0.2, -0.15) is 4.31 Å². The summed E-state index contributed by atoms with van der Waals surface area (Å²) >= 11 is 0. The van der Waals surface area contributed by atoms with Crippen LogP contribution < -0.4 is 10.2 Å². The molecule has 0 aliphatic carbocycles. The number of nitrogens with one attached hydrogen (secondary N) is 1. The Morgan fingerprint density at radius 3 is 2.29 bits per heavy atom. The van der Waals surface area contributed by atoms with Crippen molar-refractivity contribution >= 4 is 33.2 Å². The van der Waals surface area contributed by atoms with Crippen LogP contribution in [0.3, 0.4) is 0 Å². The van der Waals surface area contributed by atoms with Gasteiger partial charge >= 0.3 is 0 Å². The summed E-state index contributed by atoms with van der Waals surface area (Å²) in [6.07, 6.45) is 4.19. The third-order valence-electron chi connectivity index (χ3n) is 5.90. The van der Waals surface area contributed by atoms with Crippen molar-refractivity contribution in [2.75, 3.05) is 29.9 Å². The van der Waals surface area contributed by atoms with E-state index in [-0.39, 0.29) is 16.7 Å². The zero-order valence-corrected chi connectivity index (χ0v) is 18.5. The Morgan fingerprint density at radius 2 is 1.65 bits per heavy atom. The molecule has 0 spiro atoms. The monoisotopic (exact) mass is 441 g/mol. The van der Waals surface area contributed by atoms with Gasteiger partial charge in [0.15, 0.2) is 0 Å². The Morgan fingerprint density at radius 1 is 0.935 bits per heavy atom. The predicted octanol–water partition coefficient (Wildman–Crippen LogP) is 3.55. The molecule has 0 saturated carbocycles. The van der Waals surface area contributed by atoms with E-state index in [4.69, 9.17) is 0 Å². The molecule has 0 aromatic heterocycles. The van der Waals surface area contributed by atoms with Crippen LogP contribution in [-0.2, 0) is 14.8 Å². The van der Waals surface area contributed by atoms with E-state index in [1.807, 2.05) is 19.1 Å². The highest BCUT2D eigenvalue weighted by Crippen LogP contribution is 2.28. The summed E-state index contributed by atoms with van der Waals surface area (Å²) in [7, 11) is -3.52. The Bertz CT molecular complexity index is 1090. The number of carbonyl (C=O) groups excluding carboxylic acids is 2. The Labute approximate surface area is 183 Å². The van der Waals surface area contributed by atoms with Crippen molar-refractivity contribution in [2.45, 2.75) is 43.9 Å². The van der Waals surface area contributed by atoms with Crippen molar-refractivity contribution < 1.29 is 18.0 Å². The standard InChI is InChI=1S/C23H27N3O4S/c1-17-7-10-19(16-21(17)26-15-5-6-22(26)27)24-23(28)18-8-11-20(12-9-18)31(29,30)25-13-3-2-4-14-25/h7-12,16H,2-6,13-15H2,1H3,(H,24,28). The molecule has 2 saturated heterocycles. The van der Waals surface area contributed by atoms with Gasteiger partial charge in [0.25, 0.3) is 5.91 Å². The molecule has 164 valence electrons. The summed E-state index contributed by atoms with van der Waals surface area (Å²) in [5, 5.41) is 2.85. The molecule has 0 unspecified atom stereocenters. The number of nitrogens with zero attached hydrogens (tertiary/aromatic N) is 2. The van der Waals surface area contributed by atoms with Gasteiger partial charge in [-0.3, -0.25) is 9.59 Å². The lowest BCUT2D eigenvalue weighted by Gasteiger charge is -2.25. The molecule has 0 bridgehead atoms. The van der Waals surface area contributed by atoms with Crippen molar-refractivity contribution in [3.05, 3.63) is 53.6 Å². The molecular formula is C23H27N3O4S. The lowest BCUT2D eigenvalue weighted by atomic mass is 10.1. The molecule has 2 aromatic rings. The minimum Gasteiger partial charge on any atom is -0.322 e. The van der Waals surface area contributed by atoms with Crippen LogP contribution in [0.25, 0.3) is 0 Å². The third kappa shape index (κ3) is 4.50. The fourth-order valence-corrected chi connectivity index (χ4v) is 5.63. The second kappa shape index (κ2) is 8.80. The number of rotatable bonds is 5. The van der Waals surface area contributed by atoms with Crippen LogP contribution in [0.15, 0.2) is 47.4 Å². The average molecular weight is 442 g/mol. The van der Waals surface area contributed by atoms with Gasteiger partial charge in [-0.25, -0.2) is 8.42 Å². The first-order valence-electron chi connectivity index (χ1n) is 10.7. The van der Waals surface area contributed by atoms with Gasteiger partial charge < -0.3 is 10.2 Å². The zero-order valence-electron chi connectivity index (χ0n) is 17.6. The van der Waals surface area contributed by atoms with E-state index >= 15 is 0 Å². The summed E-state index contributed by atoms with van der Waals surface area (Å²) in [5.41, 5.74) is 2.75. The first-order chi connectivity index (χ1) is 14.9. The van der Waals surface area contributed by atoms with Crippen molar-refractivity contribution in [1.29, 1.82) is 0 Å². The number of sulfonamides is 1. The van der Waals surface area contributed by atoms with E-state index < -0.39 is 10.0 Å². The first kappa shape index (κ1) is 21.5. The minimum absolute atomic E-state index is 0.0945. The van der Waals surface area contributed by atoms with Gasteiger partial charge in [0.1, 0.15) is 0 Å². The van der Waals surface area contributed by atoms with Gasteiger partial charge in [-0.05, 0) is 68.1 Å². The highest BCUT2D eigenvalue weighted by Gasteiger charge is 2.26. The molecular weight excluding hydrogens is 414 g/mol. The molecule has 1 N–H and O–H groups in total. The number of amides is 2.